The number of amides is 1. The molecule has 1 aromatic heterocycles. The molecule has 0 aromatic carbocycles. The van der Waals surface area contributed by atoms with Gasteiger partial charge in [-0.1, -0.05) is 6.92 Å². The summed E-state index contributed by atoms with van der Waals surface area (Å²) in [7, 11) is 0. The third-order valence-electron chi connectivity index (χ3n) is 3.08. The van der Waals surface area contributed by atoms with Crippen molar-refractivity contribution in [1.29, 1.82) is 0 Å². The molecule has 6 heteroatoms. The minimum absolute atomic E-state index is 0.237. The smallest absolute Gasteiger partial charge is 0.263 e. The number of H-pyrrole nitrogens is 1. The Morgan fingerprint density at radius 2 is 2.31 bits per heavy atom. The minimum atomic E-state index is -2.84. The summed E-state index contributed by atoms with van der Waals surface area (Å²) in [6.07, 6.45) is 1.57. The first-order chi connectivity index (χ1) is 7.44. The van der Waals surface area contributed by atoms with Crippen LogP contribution in [0.4, 0.5) is 8.78 Å². The van der Waals surface area contributed by atoms with E-state index in [1.165, 1.54) is 6.92 Å². The lowest BCUT2D eigenvalue weighted by molar-refractivity contribution is -0.124. The summed E-state index contributed by atoms with van der Waals surface area (Å²) < 4.78 is 25.8. The molecule has 88 valence electrons. The molecule has 0 aliphatic heterocycles. The summed E-state index contributed by atoms with van der Waals surface area (Å²) in [6.45, 7) is 3.43. The first kappa shape index (κ1) is 11.0. The average molecular weight is 229 g/mol. The highest BCUT2D eigenvalue weighted by Crippen LogP contribution is 2.54. The molecule has 0 spiro atoms. The third-order valence-corrected chi connectivity index (χ3v) is 3.08. The predicted octanol–water partition coefficient (Wildman–Crippen LogP) is 1.24. The van der Waals surface area contributed by atoms with Crippen LogP contribution in [0.2, 0.25) is 0 Å². The average Bonchev–Trinajstić information content (AvgIpc) is 2.58. The van der Waals surface area contributed by atoms with Crippen molar-refractivity contribution >= 4 is 5.91 Å². The Hall–Kier alpha value is -1.46. The Kier molecular flexibility index (Phi) is 2.44. The molecular formula is C10H13F2N3O. The fourth-order valence-electron chi connectivity index (χ4n) is 1.73. The standard InChI is InChI=1S/C10H13F2N3O/c1-5-8(10(5,11)12)9(16)13-3-7-4-14-15-6(7)2/h4-5,8H,3H2,1-2H3,(H,13,16)(H,14,15)/t5-,8-/m0/s1. The molecule has 16 heavy (non-hydrogen) atoms. The van der Waals surface area contributed by atoms with Gasteiger partial charge in [-0.3, -0.25) is 9.89 Å². The van der Waals surface area contributed by atoms with Gasteiger partial charge in [0.25, 0.3) is 5.92 Å². The lowest BCUT2D eigenvalue weighted by Crippen LogP contribution is -2.26. The lowest BCUT2D eigenvalue weighted by Gasteiger charge is -2.03. The highest BCUT2D eigenvalue weighted by atomic mass is 19.3. The topological polar surface area (TPSA) is 57.8 Å². The molecule has 0 radical (unpaired) electrons. The van der Waals surface area contributed by atoms with E-state index in [-0.39, 0.29) is 6.54 Å². The van der Waals surface area contributed by atoms with Gasteiger partial charge < -0.3 is 5.32 Å². The van der Waals surface area contributed by atoms with Gasteiger partial charge in [0.15, 0.2) is 0 Å². The van der Waals surface area contributed by atoms with E-state index >= 15 is 0 Å². The molecule has 1 aromatic rings. The van der Waals surface area contributed by atoms with Crippen molar-refractivity contribution in [3.8, 4) is 0 Å². The van der Waals surface area contributed by atoms with Crippen LogP contribution in [0, 0.1) is 18.8 Å². The van der Waals surface area contributed by atoms with Crippen molar-refractivity contribution in [3.05, 3.63) is 17.5 Å². The van der Waals surface area contributed by atoms with Gasteiger partial charge in [-0.15, -0.1) is 0 Å². The van der Waals surface area contributed by atoms with E-state index in [1.54, 1.807) is 6.20 Å². The van der Waals surface area contributed by atoms with Gasteiger partial charge in [-0.25, -0.2) is 8.78 Å². The van der Waals surface area contributed by atoms with Crippen LogP contribution in [0.1, 0.15) is 18.2 Å². The minimum Gasteiger partial charge on any atom is -0.351 e. The zero-order valence-electron chi connectivity index (χ0n) is 9.05. The maximum Gasteiger partial charge on any atom is 0.263 e. The largest absolute Gasteiger partial charge is 0.351 e. The number of hydrogen-bond acceptors (Lipinski definition) is 2. The SMILES string of the molecule is Cc1[nH]ncc1CNC(=O)[C@@H]1[C@H](C)C1(F)F. The van der Waals surface area contributed by atoms with Gasteiger partial charge in [0.05, 0.1) is 6.20 Å². The van der Waals surface area contributed by atoms with Gasteiger partial charge in [-0.05, 0) is 6.92 Å². The number of carbonyl (C=O) groups excluding carboxylic acids is 1. The summed E-state index contributed by atoms with van der Waals surface area (Å²) in [5, 5.41) is 8.99. The summed E-state index contributed by atoms with van der Waals surface area (Å²) >= 11 is 0. The normalized spacial score (nSPS) is 26.5. The molecule has 1 fully saturated rings. The molecule has 1 amide bonds. The van der Waals surface area contributed by atoms with Crippen LogP contribution in [0.25, 0.3) is 0 Å². The number of nitrogens with zero attached hydrogens (tertiary/aromatic N) is 1. The maximum atomic E-state index is 12.9. The van der Waals surface area contributed by atoms with Crippen LogP contribution in [0.3, 0.4) is 0 Å². The number of alkyl halides is 2. The Morgan fingerprint density at radius 3 is 2.75 bits per heavy atom. The van der Waals surface area contributed by atoms with Crippen molar-refractivity contribution in [2.75, 3.05) is 0 Å². The zero-order chi connectivity index (χ0) is 11.9. The third kappa shape index (κ3) is 1.68. The molecule has 0 saturated heterocycles. The van der Waals surface area contributed by atoms with Crippen molar-refractivity contribution < 1.29 is 13.6 Å². The fraction of sp³-hybridized carbons (Fsp3) is 0.600. The quantitative estimate of drug-likeness (QED) is 0.819. The van der Waals surface area contributed by atoms with E-state index in [0.29, 0.717) is 0 Å². The molecule has 1 aliphatic rings. The molecule has 2 rings (SSSR count). The number of halogens is 2. The van der Waals surface area contributed by atoms with Gasteiger partial charge in [0, 0.05) is 23.7 Å². The van der Waals surface area contributed by atoms with E-state index in [1.807, 2.05) is 6.92 Å². The van der Waals surface area contributed by atoms with Crippen LogP contribution in [0.15, 0.2) is 6.20 Å². The van der Waals surface area contributed by atoms with Crippen LogP contribution < -0.4 is 5.32 Å². The molecule has 4 nitrogen and oxygen atoms in total. The van der Waals surface area contributed by atoms with Crippen LogP contribution in [0.5, 0.6) is 0 Å². The highest BCUT2D eigenvalue weighted by Gasteiger charge is 2.69. The summed E-state index contributed by atoms with van der Waals surface area (Å²) in [4.78, 5) is 11.4. The van der Waals surface area contributed by atoms with Crippen LogP contribution >= 0.6 is 0 Å². The van der Waals surface area contributed by atoms with E-state index in [0.717, 1.165) is 11.3 Å². The first-order valence-corrected chi connectivity index (χ1v) is 5.09. The number of aromatic amines is 1. The Morgan fingerprint density at radius 1 is 1.69 bits per heavy atom. The molecular weight excluding hydrogens is 216 g/mol. The second-order valence-electron chi connectivity index (χ2n) is 4.18. The molecule has 1 heterocycles. The Labute approximate surface area is 91.4 Å². The van der Waals surface area contributed by atoms with Gasteiger partial charge in [0.1, 0.15) is 5.92 Å². The van der Waals surface area contributed by atoms with Crippen molar-refractivity contribution in [1.82, 2.24) is 15.5 Å². The molecule has 1 saturated carbocycles. The summed E-state index contributed by atoms with van der Waals surface area (Å²) in [6, 6.07) is 0. The summed E-state index contributed by atoms with van der Waals surface area (Å²) in [5.74, 6) is -5.44. The number of aryl methyl sites for hydroxylation is 1. The number of hydrogen-bond donors (Lipinski definition) is 2. The van der Waals surface area contributed by atoms with Crippen molar-refractivity contribution in [2.45, 2.75) is 26.3 Å². The number of rotatable bonds is 3. The molecule has 0 bridgehead atoms. The molecule has 2 N–H and O–H groups in total. The second-order valence-corrected chi connectivity index (χ2v) is 4.18. The van der Waals surface area contributed by atoms with Gasteiger partial charge in [-0.2, -0.15) is 5.10 Å². The fourth-order valence-corrected chi connectivity index (χ4v) is 1.73. The first-order valence-electron chi connectivity index (χ1n) is 5.09. The molecule has 0 unspecified atom stereocenters. The molecule has 1 aliphatic carbocycles. The van der Waals surface area contributed by atoms with Crippen LogP contribution in [-0.2, 0) is 11.3 Å². The monoisotopic (exact) mass is 229 g/mol. The maximum absolute atomic E-state index is 12.9. The highest BCUT2D eigenvalue weighted by molar-refractivity contribution is 5.83. The lowest BCUT2D eigenvalue weighted by atomic mass is 10.2. The van der Waals surface area contributed by atoms with Gasteiger partial charge in [0.2, 0.25) is 5.91 Å². The zero-order valence-corrected chi connectivity index (χ0v) is 9.05. The summed E-state index contributed by atoms with van der Waals surface area (Å²) in [5.41, 5.74) is 1.64. The van der Waals surface area contributed by atoms with Crippen LogP contribution in [-0.4, -0.2) is 22.0 Å². The number of nitrogens with one attached hydrogen (secondary N) is 2. The number of aromatic nitrogens is 2. The Bertz CT molecular complexity index is 416. The van der Waals surface area contributed by atoms with E-state index in [9.17, 15) is 13.6 Å². The van der Waals surface area contributed by atoms with Gasteiger partial charge >= 0.3 is 0 Å². The number of carbonyl (C=O) groups is 1. The predicted molar refractivity (Wildman–Crippen MR) is 52.8 cm³/mol. The van der Waals surface area contributed by atoms with E-state index in [2.05, 4.69) is 15.5 Å². The van der Waals surface area contributed by atoms with Crippen molar-refractivity contribution in [2.24, 2.45) is 11.8 Å². The van der Waals surface area contributed by atoms with E-state index in [4.69, 9.17) is 0 Å². The van der Waals surface area contributed by atoms with Crippen molar-refractivity contribution in [3.63, 3.8) is 0 Å². The second kappa shape index (κ2) is 3.54. The van der Waals surface area contributed by atoms with E-state index < -0.39 is 23.7 Å². The Balaban J connectivity index is 1.89. The molecule has 2 atom stereocenters.